The molecule has 0 heterocycles. The van der Waals surface area contributed by atoms with Crippen molar-refractivity contribution in [2.75, 3.05) is 0 Å². The van der Waals surface area contributed by atoms with Crippen LogP contribution in [0.25, 0.3) is 0 Å². The number of carbonyl (C=O) groups is 1. The number of nitrogens with zero attached hydrogens (tertiary/aromatic N) is 1. The quantitative estimate of drug-likeness (QED) is 0.359. The monoisotopic (exact) mass is 181 g/mol. The van der Waals surface area contributed by atoms with E-state index < -0.39 is 5.97 Å². The summed E-state index contributed by atoms with van der Waals surface area (Å²) in [5.74, 6) is -1.24. The number of benzene rings is 1. The number of hydrogen-bond acceptors (Lipinski definition) is 4. The summed E-state index contributed by atoms with van der Waals surface area (Å²) in [6.45, 7) is 0. The maximum atomic E-state index is 10.5. The van der Waals surface area contributed by atoms with Crippen molar-refractivity contribution in [2.45, 2.75) is 0 Å². The first kappa shape index (κ1) is 9.05. The van der Waals surface area contributed by atoms with Crippen LogP contribution in [0.2, 0.25) is 0 Å². The summed E-state index contributed by atoms with van der Waals surface area (Å²) in [7, 11) is 0. The molecular formula is C8H7NO4. The second-order valence-electron chi connectivity index (χ2n) is 2.32. The molecule has 0 radical (unpaired) electrons. The molecule has 0 bridgehead atoms. The van der Waals surface area contributed by atoms with Crippen LogP contribution in [-0.2, 0) is 0 Å². The lowest BCUT2D eigenvalue weighted by Gasteiger charge is -1.99. The van der Waals surface area contributed by atoms with Crippen LogP contribution in [0.3, 0.4) is 0 Å². The molecule has 5 nitrogen and oxygen atoms in total. The van der Waals surface area contributed by atoms with Crippen LogP contribution in [0.5, 0.6) is 5.75 Å². The average molecular weight is 181 g/mol. The molecule has 0 amide bonds. The molecule has 5 heteroatoms. The lowest BCUT2D eigenvalue weighted by Crippen LogP contribution is -1.97. The SMILES string of the molecule is O=C(O)c1ccc(O)c(C=NO)c1. The molecule has 0 aromatic heterocycles. The van der Waals surface area contributed by atoms with E-state index in [1.807, 2.05) is 0 Å². The first-order valence-electron chi connectivity index (χ1n) is 3.39. The van der Waals surface area contributed by atoms with E-state index in [1.165, 1.54) is 18.2 Å². The van der Waals surface area contributed by atoms with Gasteiger partial charge >= 0.3 is 5.97 Å². The minimum Gasteiger partial charge on any atom is -0.507 e. The molecule has 1 aromatic carbocycles. The highest BCUT2D eigenvalue weighted by Gasteiger charge is 2.05. The zero-order chi connectivity index (χ0) is 9.84. The van der Waals surface area contributed by atoms with Gasteiger partial charge in [0.2, 0.25) is 0 Å². The van der Waals surface area contributed by atoms with Gasteiger partial charge in [0.25, 0.3) is 0 Å². The molecule has 0 atom stereocenters. The Hall–Kier alpha value is -2.04. The lowest BCUT2D eigenvalue weighted by molar-refractivity contribution is 0.0697. The Balaban J connectivity index is 3.18. The number of carboxylic acid groups (broad SMARTS) is 1. The highest BCUT2D eigenvalue weighted by molar-refractivity contribution is 5.92. The number of oxime groups is 1. The van der Waals surface area contributed by atoms with Gasteiger partial charge in [-0.25, -0.2) is 4.79 Å². The normalized spacial score (nSPS) is 10.5. The number of aromatic carboxylic acids is 1. The summed E-state index contributed by atoms with van der Waals surface area (Å²) in [6.07, 6.45) is 0.960. The highest BCUT2D eigenvalue weighted by Crippen LogP contribution is 2.16. The number of hydrogen-bond donors (Lipinski definition) is 3. The van der Waals surface area contributed by atoms with E-state index in [2.05, 4.69) is 5.16 Å². The van der Waals surface area contributed by atoms with E-state index in [0.29, 0.717) is 0 Å². The summed E-state index contributed by atoms with van der Waals surface area (Å²) in [4.78, 5) is 10.5. The Morgan fingerprint density at radius 3 is 2.69 bits per heavy atom. The van der Waals surface area contributed by atoms with Gasteiger partial charge < -0.3 is 15.4 Å². The van der Waals surface area contributed by atoms with Crippen LogP contribution in [0.15, 0.2) is 23.4 Å². The molecule has 0 spiro atoms. The van der Waals surface area contributed by atoms with E-state index in [4.69, 9.17) is 15.4 Å². The molecule has 13 heavy (non-hydrogen) atoms. The first-order valence-corrected chi connectivity index (χ1v) is 3.39. The van der Waals surface area contributed by atoms with Crippen molar-refractivity contribution in [1.29, 1.82) is 0 Å². The van der Waals surface area contributed by atoms with Crippen LogP contribution in [0.4, 0.5) is 0 Å². The first-order chi connectivity index (χ1) is 6.15. The number of rotatable bonds is 2. The van der Waals surface area contributed by atoms with Crippen molar-refractivity contribution in [3.8, 4) is 5.75 Å². The average Bonchev–Trinajstić information content (AvgIpc) is 2.08. The summed E-state index contributed by atoms with van der Waals surface area (Å²) < 4.78 is 0. The molecule has 0 unspecified atom stereocenters. The summed E-state index contributed by atoms with van der Waals surface area (Å²) in [5, 5.41) is 28.6. The molecule has 0 aliphatic rings. The molecule has 0 saturated carbocycles. The summed E-state index contributed by atoms with van der Waals surface area (Å²) >= 11 is 0. The molecule has 3 N–H and O–H groups in total. The Morgan fingerprint density at radius 1 is 1.46 bits per heavy atom. The molecule has 1 rings (SSSR count). The van der Waals surface area contributed by atoms with Gasteiger partial charge in [-0.05, 0) is 18.2 Å². The second-order valence-corrected chi connectivity index (χ2v) is 2.32. The van der Waals surface area contributed by atoms with Crippen LogP contribution in [0.1, 0.15) is 15.9 Å². The van der Waals surface area contributed by atoms with Gasteiger partial charge in [0, 0.05) is 5.56 Å². The fraction of sp³-hybridized carbons (Fsp3) is 0. The van der Waals surface area contributed by atoms with E-state index >= 15 is 0 Å². The van der Waals surface area contributed by atoms with Crippen molar-refractivity contribution < 1.29 is 20.2 Å². The smallest absolute Gasteiger partial charge is 0.335 e. The van der Waals surface area contributed by atoms with Crippen molar-refractivity contribution in [1.82, 2.24) is 0 Å². The topological polar surface area (TPSA) is 90.1 Å². The van der Waals surface area contributed by atoms with Crippen LogP contribution in [-0.4, -0.2) is 27.6 Å². The molecule has 1 aromatic rings. The maximum absolute atomic E-state index is 10.5. The Kier molecular flexibility index (Phi) is 2.49. The third kappa shape index (κ3) is 1.96. The molecule has 0 aliphatic heterocycles. The van der Waals surface area contributed by atoms with Gasteiger partial charge in [-0.3, -0.25) is 0 Å². The summed E-state index contributed by atoms with van der Waals surface area (Å²) in [6, 6.07) is 3.68. The van der Waals surface area contributed by atoms with Crippen molar-refractivity contribution in [2.24, 2.45) is 5.16 Å². The van der Waals surface area contributed by atoms with Gasteiger partial charge in [0.05, 0.1) is 11.8 Å². The minimum absolute atomic E-state index is 0.0210. The second kappa shape index (κ2) is 3.57. The fourth-order valence-corrected chi connectivity index (χ4v) is 0.853. The largest absolute Gasteiger partial charge is 0.507 e. The fourth-order valence-electron chi connectivity index (χ4n) is 0.853. The maximum Gasteiger partial charge on any atom is 0.335 e. The lowest BCUT2D eigenvalue weighted by atomic mass is 10.1. The molecule has 0 aliphatic carbocycles. The molecule has 0 fully saturated rings. The van der Waals surface area contributed by atoms with E-state index in [-0.39, 0.29) is 16.9 Å². The Morgan fingerprint density at radius 2 is 2.15 bits per heavy atom. The zero-order valence-electron chi connectivity index (χ0n) is 6.51. The zero-order valence-corrected chi connectivity index (χ0v) is 6.51. The van der Waals surface area contributed by atoms with E-state index in [9.17, 15) is 4.79 Å². The van der Waals surface area contributed by atoms with Gasteiger partial charge in [-0.1, -0.05) is 5.16 Å². The predicted octanol–water partition coefficient (Wildman–Crippen LogP) is 0.898. The minimum atomic E-state index is -1.10. The molecular weight excluding hydrogens is 174 g/mol. The standard InChI is InChI=1S/C8H7NO4/c10-7-2-1-5(8(11)12)3-6(7)4-9-13/h1-4,10,13H,(H,11,12). The van der Waals surface area contributed by atoms with Gasteiger partial charge in [-0.2, -0.15) is 0 Å². The van der Waals surface area contributed by atoms with Crippen LogP contribution in [0, 0.1) is 0 Å². The molecule has 68 valence electrons. The number of phenols is 1. The number of phenolic OH excluding ortho intramolecular Hbond substituents is 1. The third-order valence-electron chi connectivity index (χ3n) is 1.47. The number of aromatic hydroxyl groups is 1. The van der Waals surface area contributed by atoms with Crippen molar-refractivity contribution in [3.05, 3.63) is 29.3 Å². The van der Waals surface area contributed by atoms with Crippen LogP contribution < -0.4 is 0 Å². The highest BCUT2D eigenvalue weighted by atomic mass is 16.4. The van der Waals surface area contributed by atoms with Gasteiger partial charge in [-0.15, -0.1) is 0 Å². The van der Waals surface area contributed by atoms with E-state index in [1.54, 1.807) is 0 Å². The molecule has 0 saturated heterocycles. The number of carboxylic acids is 1. The Bertz CT molecular complexity index is 359. The van der Waals surface area contributed by atoms with Crippen molar-refractivity contribution in [3.63, 3.8) is 0 Å². The van der Waals surface area contributed by atoms with Crippen molar-refractivity contribution >= 4 is 12.2 Å². The van der Waals surface area contributed by atoms with Gasteiger partial charge in [0.15, 0.2) is 0 Å². The van der Waals surface area contributed by atoms with Gasteiger partial charge in [0.1, 0.15) is 5.75 Å². The summed E-state index contributed by atoms with van der Waals surface area (Å²) in [5.41, 5.74) is 0.176. The van der Waals surface area contributed by atoms with Crippen LogP contribution >= 0.6 is 0 Å². The Labute approximate surface area is 73.6 Å². The predicted molar refractivity (Wildman–Crippen MR) is 44.4 cm³/mol. The third-order valence-corrected chi connectivity index (χ3v) is 1.47. The van der Waals surface area contributed by atoms with E-state index in [0.717, 1.165) is 6.21 Å².